The molecule has 4 nitrogen and oxygen atoms in total. The Bertz CT molecular complexity index is 562. The molecule has 0 saturated carbocycles. The lowest BCUT2D eigenvalue weighted by Gasteiger charge is -2.15. The quantitative estimate of drug-likeness (QED) is 0.849. The fourth-order valence-electron chi connectivity index (χ4n) is 2.25. The number of hydrogen-bond donors (Lipinski definition) is 1. The number of benzene rings is 1. The van der Waals surface area contributed by atoms with Gasteiger partial charge in [0.15, 0.2) is 5.76 Å². The molecule has 112 valence electrons. The largest absolute Gasteiger partial charge is 0.453 e. The van der Waals surface area contributed by atoms with Gasteiger partial charge in [-0.1, -0.05) is 37.3 Å². The summed E-state index contributed by atoms with van der Waals surface area (Å²) in [6.07, 6.45) is 0.970. The monoisotopic (exact) mass is 287 g/mol. The molecule has 1 unspecified atom stereocenters. The molecule has 1 atom stereocenters. The number of carbonyl (C=O) groups is 1. The van der Waals surface area contributed by atoms with Crippen LogP contribution in [-0.4, -0.2) is 19.6 Å². The third-order valence-corrected chi connectivity index (χ3v) is 3.44. The molecule has 0 saturated heterocycles. The average Bonchev–Trinajstić information content (AvgIpc) is 2.98. The Hall–Kier alpha value is -2.07. The topological polar surface area (TPSA) is 51.5 Å². The Labute approximate surface area is 125 Å². The van der Waals surface area contributed by atoms with Crippen LogP contribution in [0.1, 0.15) is 41.1 Å². The van der Waals surface area contributed by atoms with Gasteiger partial charge in [0.05, 0.1) is 0 Å². The smallest absolute Gasteiger partial charge is 0.287 e. The first-order valence-electron chi connectivity index (χ1n) is 7.15. The third-order valence-electron chi connectivity index (χ3n) is 3.44. The average molecular weight is 287 g/mol. The van der Waals surface area contributed by atoms with Gasteiger partial charge in [-0.25, -0.2) is 0 Å². The minimum atomic E-state index is -0.188. The number of amides is 1. The van der Waals surface area contributed by atoms with E-state index >= 15 is 0 Å². The van der Waals surface area contributed by atoms with Crippen molar-refractivity contribution in [2.45, 2.75) is 25.9 Å². The molecule has 0 fully saturated rings. The van der Waals surface area contributed by atoms with Crippen molar-refractivity contribution >= 4 is 5.91 Å². The Balaban J connectivity index is 1.93. The van der Waals surface area contributed by atoms with Crippen molar-refractivity contribution in [2.24, 2.45) is 0 Å². The zero-order valence-corrected chi connectivity index (χ0v) is 12.5. The second kappa shape index (κ2) is 7.64. The van der Waals surface area contributed by atoms with Crippen LogP contribution in [0, 0.1) is 0 Å². The van der Waals surface area contributed by atoms with Crippen LogP contribution in [-0.2, 0) is 11.3 Å². The highest BCUT2D eigenvalue weighted by Crippen LogP contribution is 2.18. The fraction of sp³-hybridized carbons (Fsp3) is 0.353. The van der Waals surface area contributed by atoms with Gasteiger partial charge in [-0.2, -0.15) is 0 Å². The van der Waals surface area contributed by atoms with Gasteiger partial charge in [-0.15, -0.1) is 0 Å². The van der Waals surface area contributed by atoms with E-state index in [1.165, 1.54) is 5.56 Å². The molecule has 1 N–H and O–H groups in total. The standard InChI is InChI=1S/C17H21NO3/c1-3-13(14-7-5-4-6-8-14)11-18-17(19)16-10-9-15(21-16)12-20-2/h4-10,13H,3,11-12H2,1-2H3,(H,18,19). The van der Waals surface area contributed by atoms with E-state index in [2.05, 4.69) is 24.4 Å². The molecule has 2 aromatic rings. The second-order valence-electron chi connectivity index (χ2n) is 4.92. The van der Waals surface area contributed by atoms with Gasteiger partial charge in [0.25, 0.3) is 5.91 Å². The summed E-state index contributed by atoms with van der Waals surface area (Å²) in [5, 5.41) is 2.93. The molecule has 1 heterocycles. The van der Waals surface area contributed by atoms with E-state index in [0.29, 0.717) is 30.6 Å². The molecule has 1 aromatic heterocycles. The number of hydrogen-bond acceptors (Lipinski definition) is 3. The minimum absolute atomic E-state index is 0.188. The van der Waals surface area contributed by atoms with Crippen LogP contribution in [0.5, 0.6) is 0 Å². The molecule has 0 bridgehead atoms. The third kappa shape index (κ3) is 4.20. The van der Waals surface area contributed by atoms with Gasteiger partial charge in [-0.05, 0) is 24.1 Å². The van der Waals surface area contributed by atoms with Crippen molar-refractivity contribution in [3.63, 3.8) is 0 Å². The van der Waals surface area contributed by atoms with E-state index in [1.807, 2.05) is 18.2 Å². The molecule has 21 heavy (non-hydrogen) atoms. The fourth-order valence-corrected chi connectivity index (χ4v) is 2.25. The van der Waals surface area contributed by atoms with Crippen LogP contribution >= 0.6 is 0 Å². The molecule has 0 aliphatic carbocycles. The van der Waals surface area contributed by atoms with Crippen molar-refractivity contribution < 1.29 is 13.9 Å². The second-order valence-corrected chi connectivity index (χ2v) is 4.92. The summed E-state index contributed by atoms with van der Waals surface area (Å²) in [5.74, 6) is 1.10. The van der Waals surface area contributed by atoms with Crippen LogP contribution in [0.4, 0.5) is 0 Å². The number of furan rings is 1. The zero-order valence-electron chi connectivity index (χ0n) is 12.5. The summed E-state index contributed by atoms with van der Waals surface area (Å²) in [6, 6.07) is 13.6. The summed E-state index contributed by atoms with van der Waals surface area (Å²) in [5.41, 5.74) is 1.24. The number of ether oxygens (including phenoxy) is 1. The normalized spacial score (nSPS) is 12.1. The zero-order chi connectivity index (χ0) is 15.1. The SMILES string of the molecule is CCC(CNC(=O)c1ccc(COC)o1)c1ccccc1. The van der Waals surface area contributed by atoms with Gasteiger partial charge in [0, 0.05) is 19.6 Å². The van der Waals surface area contributed by atoms with Crippen LogP contribution in [0.3, 0.4) is 0 Å². The van der Waals surface area contributed by atoms with Crippen molar-refractivity contribution in [3.8, 4) is 0 Å². The summed E-state index contributed by atoms with van der Waals surface area (Å²) < 4.78 is 10.4. The predicted octanol–water partition coefficient (Wildman–Crippen LogP) is 3.35. The van der Waals surface area contributed by atoms with Crippen molar-refractivity contribution in [2.75, 3.05) is 13.7 Å². The Morgan fingerprint density at radius 3 is 2.67 bits per heavy atom. The molecule has 1 aromatic carbocycles. The van der Waals surface area contributed by atoms with Gasteiger partial charge >= 0.3 is 0 Å². The van der Waals surface area contributed by atoms with E-state index in [0.717, 1.165) is 6.42 Å². The molecule has 0 aliphatic heterocycles. The highest BCUT2D eigenvalue weighted by atomic mass is 16.5. The molecule has 2 rings (SSSR count). The van der Waals surface area contributed by atoms with Crippen molar-refractivity contribution in [3.05, 3.63) is 59.5 Å². The molecular weight excluding hydrogens is 266 g/mol. The lowest BCUT2D eigenvalue weighted by molar-refractivity contribution is 0.0914. The highest BCUT2D eigenvalue weighted by molar-refractivity contribution is 5.91. The van der Waals surface area contributed by atoms with Crippen LogP contribution in [0.25, 0.3) is 0 Å². The van der Waals surface area contributed by atoms with E-state index in [-0.39, 0.29) is 5.91 Å². The maximum atomic E-state index is 12.1. The summed E-state index contributed by atoms with van der Waals surface area (Å²) in [7, 11) is 1.59. The lowest BCUT2D eigenvalue weighted by atomic mass is 9.96. The van der Waals surface area contributed by atoms with E-state index in [4.69, 9.17) is 9.15 Å². The number of rotatable bonds is 7. The first kappa shape index (κ1) is 15.3. The predicted molar refractivity (Wildman–Crippen MR) is 81.2 cm³/mol. The van der Waals surface area contributed by atoms with Crippen molar-refractivity contribution in [1.29, 1.82) is 0 Å². The summed E-state index contributed by atoms with van der Waals surface area (Å²) >= 11 is 0. The van der Waals surface area contributed by atoms with Crippen LogP contribution < -0.4 is 5.32 Å². The molecular formula is C17H21NO3. The maximum absolute atomic E-state index is 12.1. The van der Waals surface area contributed by atoms with Gasteiger partial charge in [-0.3, -0.25) is 4.79 Å². The van der Waals surface area contributed by atoms with Crippen LogP contribution in [0.15, 0.2) is 46.9 Å². The van der Waals surface area contributed by atoms with Gasteiger partial charge < -0.3 is 14.5 Å². The number of carbonyl (C=O) groups excluding carboxylic acids is 1. The van der Waals surface area contributed by atoms with Gasteiger partial charge in [0.1, 0.15) is 12.4 Å². The highest BCUT2D eigenvalue weighted by Gasteiger charge is 2.14. The first-order chi connectivity index (χ1) is 10.2. The molecule has 4 heteroatoms. The number of nitrogens with one attached hydrogen (secondary N) is 1. The molecule has 0 spiro atoms. The van der Waals surface area contributed by atoms with E-state index in [9.17, 15) is 4.79 Å². The van der Waals surface area contributed by atoms with Crippen molar-refractivity contribution in [1.82, 2.24) is 5.32 Å². The Morgan fingerprint density at radius 2 is 2.00 bits per heavy atom. The number of methoxy groups -OCH3 is 1. The first-order valence-corrected chi connectivity index (χ1v) is 7.15. The summed E-state index contributed by atoms with van der Waals surface area (Å²) in [6.45, 7) is 3.09. The summed E-state index contributed by atoms with van der Waals surface area (Å²) in [4.78, 5) is 12.1. The Kier molecular flexibility index (Phi) is 5.58. The van der Waals surface area contributed by atoms with Gasteiger partial charge in [0.2, 0.25) is 0 Å². The molecule has 0 radical (unpaired) electrons. The minimum Gasteiger partial charge on any atom is -0.453 e. The van der Waals surface area contributed by atoms with E-state index < -0.39 is 0 Å². The van der Waals surface area contributed by atoms with Crippen LogP contribution in [0.2, 0.25) is 0 Å². The molecule has 1 amide bonds. The molecule has 0 aliphatic rings. The Morgan fingerprint density at radius 1 is 1.24 bits per heavy atom. The van der Waals surface area contributed by atoms with E-state index in [1.54, 1.807) is 19.2 Å². The maximum Gasteiger partial charge on any atom is 0.287 e. The lowest BCUT2D eigenvalue weighted by Crippen LogP contribution is -2.27.